The van der Waals surface area contributed by atoms with Crippen LogP contribution >= 0.6 is 45.3 Å². The van der Waals surface area contributed by atoms with Crippen molar-refractivity contribution in [2.45, 2.75) is 5.41 Å². The molecule has 53 heavy (non-hydrogen) atoms. The molecule has 0 N–H and O–H groups in total. The van der Waals surface area contributed by atoms with Crippen molar-refractivity contribution in [2.24, 2.45) is 20.0 Å². The number of benzene rings is 4. The van der Waals surface area contributed by atoms with E-state index in [2.05, 4.69) is 143 Å². The summed E-state index contributed by atoms with van der Waals surface area (Å²) in [5.74, 6) is 0. The average molecular weight is 757 g/mol. The van der Waals surface area contributed by atoms with Crippen molar-refractivity contribution in [3.63, 3.8) is 0 Å². The normalized spacial score (nSPS) is 13.1. The van der Waals surface area contributed by atoms with Gasteiger partial charge in [0.15, 0.2) is 0 Å². The molecular weight excluding hydrogens is 725 g/mol. The highest BCUT2D eigenvalue weighted by atomic mass is 32.1. The molecule has 4 nitrogen and oxygen atoms in total. The number of thiophene rings is 4. The van der Waals surface area contributed by atoms with Crippen molar-refractivity contribution < 1.29 is 0 Å². The Morgan fingerprint density at radius 3 is 0.717 bits per heavy atom. The molecule has 0 saturated heterocycles. The van der Waals surface area contributed by atoms with Gasteiger partial charge in [0.2, 0.25) is 0 Å². The second-order valence-corrected chi connectivity index (χ2v) is 15.9. The molecule has 0 aliphatic carbocycles. The molecule has 0 spiro atoms. The molecule has 8 heteroatoms. The SMILES string of the molecule is C(=Nc1ccc(C(c2ccc(N=Cc3cccs3)cc2)(c2ccc(N=Cc3cccs3)cc2)c2ccc(N=Cc3cccs3)cc2)cc1)c1cccs1. The van der Waals surface area contributed by atoms with Gasteiger partial charge >= 0.3 is 0 Å². The summed E-state index contributed by atoms with van der Waals surface area (Å²) in [5, 5.41) is 8.26. The smallest absolute Gasteiger partial charge is 0.0701 e. The highest BCUT2D eigenvalue weighted by molar-refractivity contribution is 7.12. The van der Waals surface area contributed by atoms with Crippen molar-refractivity contribution in [3.8, 4) is 0 Å². The van der Waals surface area contributed by atoms with Gasteiger partial charge in [-0.2, -0.15) is 0 Å². The quantitative estimate of drug-likeness (QED) is 0.0880. The van der Waals surface area contributed by atoms with Crippen LogP contribution in [-0.2, 0) is 5.41 Å². The molecule has 0 radical (unpaired) electrons. The van der Waals surface area contributed by atoms with Crippen molar-refractivity contribution in [1.29, 1.82) is 0 Å². The highest BCUT2D eigenvalue weighted by Crippen LogP contribution is 2.46. The molecule has 8 rings (SSSR count). The van der Waals surface area contributed by atoms with Gasteiger partial charge < -0.3 is 0 Å². The summed E-state index contributed by atoms with van der Waals surface area (Å²) in [7, 11) is 0. The van der Waals surface area contributed by atoms with Crippen molar-refractivity contribution in [2.75, 3.05) is 0 Å². The minimum atomic E-state index is -0.683. The molecule has 0 amide bonds. The molecule has 0 aliphatic rings. The van der Waals surface area contributed by atoms with E-state index in [0.717, 1.165) is 64.5 Å². The second-order valence-electron chi connectivity index (χ2n) is 12.0. The maximum absolute atomic E-state index is 4.79. The predicted octanol–water partition coefficient (Wildman–Crippen LogP) is 13.3. The first-order valence-corrected chi connectivity index (χ1v) is 20.5. The van der Waals surface area contributed by atoms with Crippen LogP contribution in [0.25, 0.3) is 0 Å². The molecule has 4 aromatic carbocycles. The van der Waals surface area contributed by atoms with E-state index in [4.69, 9.17) is 20.0 Å². The standard InChI is InChI=1S/C45H32N4S4/c1-5-41(50-25-1)29-46-37-17-9-33(10-18-37)45(34-11-19-38(20-12-34)47-30-42-6-2-26-51-42,35-13-21-39(22-14-35)48-31-43-7-3-27-52-43)36-15-23-40(24-16-36)49-32-44-8-4-28-53-44/h1-32H. The van der Waals surface area contributed by atoms with Crippen LogP contribution in [0.15, 0.2) is 187 Å². The Bertz CT molecular complexity index is 2080. The summed E-state index contributed by atoms with van der Waals surface area (Å²) in [6, 6.07) is 50.9. The fourth-order valence-corrected chi connectivity index (χ4v) is 8.54. The zero-order valence-electron chi connectivity index (χ0n) is 28.4. The van der Waals surface area contributed by atoms with Gasteiger partial charge in [-0.25, -0.2) is 0 Å². The first-order valence-electron chi connectivity index (χ1n) is 16.9. The fourth-order valence-electron chi connectivity index (χ4n) is 6.20. The maximum Gasteiger partial charge on any atom is 0.0701 e. The molecule has 0 aliphatic heterocycles. The maximum atomic E-state index is 4.79. The summed E-state index contributed by atoms with van der Waals surface area (Å²) in [6.07, 6.45) is 7.70. The Hall–Kier alpha value is -5.64. The molecular formula is C45H32N4S4. The Morgan fingerprint density at radius 2 is 0.528 bits per heavy atom. The first-order chi connectivity index (χ1) is 26.2. The largest absolute Gasteiger partial charge is 0.255 e. The summed E-state index contributed by atoms with van der Waals surface area (Å²) < 4.78 is 0. The van der Waals surface area contributed by atoms with Crippen LogP contribution in [0.2, 0.25) is 0 Å². The molecule has 8 aromatic rings. The van der Waals surface area contributed by atoms with E-state index in [1.165, 1.54) is 0 Å². The number of rotatable bonds is 12. The minimum Gasteiger partial charge on any atom is -0.255 e. The van der Waals surface area contributed by atoms with Gasteiger partial charge in [-0.05, 0) is 117 Å². The average Bonchev–Trinajstić information content (AvgIpc) is 4.07. The number of hydrogen-bond donors (Lipinski definition) is 0. The fraction of sp³-hybridized carbons (Fsp3) is 0.0222. The van der Waals surface area contributed by atoms with E-state index in [-0.39, 0.29) is 0 Å². The van der Waals surface area contributed by atoms with Crippen LogP contribution in [0.4, 0.5) is 22.7 Å². The molecule has 0 fully saturated rings. The third-order valence-electron chi connectivity index (χ3n) is 8.74. The molecule has 0 saturated carbocycles. The minimum absolute atomic E-state index is 0.683. The van der Waals surface area contributed by atoms with Gasteiger partial charge in [0.05, 0.1) is 28.2 Å². The van der Waals surface area contributed by atoms with E-state index >= 15 is 0 Å². The Labute approximate surface area is 325 Å². The molecule has 256 valence electrons. The summed E-state index contributed by atoms with van der Waals surface area (Å²) in [6.45, 7) is 0. The second kappa shape index (κ2) is 16.4. The van der Waals surface area contributed by atoms with Crippen molar-refractivity contribution in [1.82, 2.24) is 0 Å². The van der Waals surface area contributed by atoms with Gasteiger partial charge in [-0.15, -0.1) is 45.3 Å². The van der Waals surface area contributed by atoms with E-state index in [0.29, 0.717) is 0 Å². The van der Waals surface area contributed by atoms with Crippen molar-refractivity contribution >= 4 is 93.0 Å². The van der Waals surface area contributed by atoms with Crippen molar-refractivity contribution in [3.05, 3.63) is 209 Å². The Morgan fingerprint density at radius 1 is 0.302 bits per heavy atom. The Kier molecular flexibility index (Phi) is 10.6. The van der Waals surface area contributed by atoms with Gasteiger partial charge in [-0.3, -0.25) is 20.0 Å². The summed E-state index contributed by atoms with van der Waals surface area (Å²) >= 11 is 6.70. The molecule has 0 atom stereocenters. The van der Waals surface area contributed by atoms with Crippen LogP contribution < -0.4 is 0 Å². The van der Waals surface area contributed by atoms with Gasteiger partial charge in [0.1, 0.15) is 0 Å². The lowest BCUT2D eigenvalue weighted by atomic mass is 9.65. The highest BCUT2D eigenvalue weighted by Gasteiger charge is 2.38. The van der Waals surface area contributed by atoms with Gasteiger partial charge in [0.25, 0.3) is 0 Å². The molecule has 0 unspecified atom stereocenters. The lowest BCUT2D eigenvalue weighted by Crippen LogP contribution is -2.30. The third kappa shape index (κ3) is 8.06. The number of nitrogens with zero attached hydrogens (tertiary/aromatic N) is 4. The molecule has 0 bridgehead atoms. The summed E-state index contributed by atoms with van der Waals surface area (Å²) in [4.78, 5) is 23.6. The topological polar surface area (TPSA) is 49.4 Å². The lowest BCUT2D eigenvalue weighted by molar-refractivity contribution is 0.745. The summed E-state index contributed by atoms with van der Waals surface area (Å²) in [5.41, 5.74) is 7.37. The van der Waals surface area contributed by atoms with Gasteiger partial charge in [-0.1, -0.05) is 72.8 Å². The zero-order valence-corrected chi connectivity index (χ0v) is 31.7. The zero-order chi connectivity index (χ0) is 35.7. The van der Waals surface area contributed by atoms with Gasteiger partial charge in [0, 0.05) is 44.4 Å². The lowest BCUT2D eigenvalue weighted by Gasteiger charge is -2.37. The van der Waals surface area contributed by atoms with E-state index in [1.807, 2.05) is 49.1 Å². The number of hydrogen-bond acceptors (Lipinski definition) is 8. The monoisotopic (exact) mass is 756 g/mol. The van der Waals surface area contributed by atoms with E-state index in [1.54, 1.807) is 45.3 Å². The number of aliphatic imine (C=N–C) groups is 4. The Balaban J connectivity index is 1.25. The van der Waals surface area contributed by atoms with Crippen LogP contribution in [0, 0.1) is 0 Å². The van der Waals surface area contributed by atoms with Crippen LogP contribution in [0.1, 0.15) is 41.8 Å². The predicted molar refractivity (Wildman–Crippen MR) is 231 cm³/mol. The van der Waals surface area contributed by atoms with Crippen LogP contribution in [-0.4, -0.2) is 24.9 Å². The van der Waals surface area contributed by atoms with E-state index in [9.17, 15) is 0 Å². The van der Waals surface area contributed by atoms with Crippen LogP contribution in [0.3, 0.4) is 0 Å². The molecule has 4 aromatic heterocycles. The van der Waals surface area contributed by atoms with E-state index < -0.39 is 5.41 Å². The third-order valence-corrected chi connectivity index (χ3v) is 12.0. The molecule has 4 heterocycles. The van der Waals surface area contributed by atoms with Crippen LogP contribution in [0.5, 0.6) is 0 Å². The first kappa shape index (κ1) is 34.4.